The fourth-order valence-electron chi connectivity index (χ4n) is 3.58. The second-order valence-corrected chi connectivity index (χ2v) is 7.47. The fraction of sp³-hybridized carbons (Fsp3) is 0.304. The van der Waals surface area contributed by atoms with E-state index in [-0.39, 0.29) is 24.0 Å². The maximum absolute atomic E-state index is 12.8. The number of ether oxygens (including phenoxy) is 2. The first kappa shape index (κ1) is 21.7. The number of hydrogen-bond donors (Lipinski definition) is 0. The summed E-state index contributed by atoms with van der Waals surface area (Å²) in [6, 6.07) is 11.9. The number of benzene rings is 2. The number of amides is 2. The van der Waals surface area contributed by atoms with Gasteiger partial charge in [-0.2, -0.15) is 13.2 Å². The number of nitrogens with zero attached hydrogens (tertiary/aromatic N) is 2. The maximum atomic E-state index is 12.8. The van der Waals surface area contributed by atoms with Gasteiger partial charge < -0.3 is 19.3 Å². The largest absolute Gasteiger partial charge is 0.485 e. The normalized spacial score (nSPS) is 18.7. The van der Waals surface area contributed by atoms with Gasteiger partial charge in [-0.05, 0) is 35.9 Å². The van der Waals surface area contributed by atoms with E-state index in [1.807, 2.05) is 6.07 Å². The van der Waals surface area contributed by atoms with Crippen molar-refractivity contribution in [1.82, 2.24) is 9.80 Å². The zero-order valence-corrected chi connectivity index (χ0v) is 17.0. The lowest BCUT2D eigenvalue weighted by atomic mass is 10.1. The molecule has 0 N–H and O–H groups in total. The molecule has 1 fully saturated rings. The highest BCUT2D eigenvalue weighted by Gasteiger charge is 2.33. The van der Waals surface area contributed by atoms with Gasteiger partial charge in [0.05, 0.1) is 5.56 Å². The van der Waals surface area contributed by atoms with Crippen LogP contribution in [0.25, 0.3) is 6.08 Å². The van der Waals surface area contributed by atoms with Crippen LogP contribution in [0.15, 0.2) is 54.6 Å². The van der Waals surface area contributed by atoms with Gasteiger partial charge >= 0.3 is 6.18 Å². The fourth-order valence-corrected chi connectivity index (χ4v) is 3.58. The molecule has 0 aliphatic carbocycles. The van der Waals surface area contributed by atoms with Crippen molar-refractivity contribution in [2.45, 2.75) is 12.3 Å². The van der Waals surface area contributed by atoms with Crippen LogP contribution in [-0.4, -0.2) is 60.5 Å². The molecular weight excluding hydrogens is 425 g/mol. The molecule has 168 valence electrons. The van der Waals surface area contributed by atoms with Crippen LogP contribution < -0.4 is 9.47 Å². The summed E-state index contributed by atoms with van der Waals surface area (Å²) in [7, 11) is 0. The zero-order chi connectivity index (χ0) is 22.7. The van der Waals surface area contributed by atoms with Crippen LogP contribution in [0.5, 0.6) is 11.5 Å². The van der Waals surface area contributed by atoms with Gasteiger partial charge in [-0.1, -0.05) is 24.3 Å². The lowest BCUT2D eigenvalue weighted by Gasteiger charge is -2.36. The van der Waals surface area contributed by atoms with Crippen molar-refractivity contribution in [2.75, 3.05) is 32.8 Å². The van der Waals surface area contributed by atoms with Gasteiger partial charge in [0.1, 0.15) is 6.61 Å². The second-order valence-electron chi connectivity index (χ2n) is 7.47. The quantitative estimate of drug-likeness (QED) is 0.680. The standard InChI is InChI=1S/C23H21F3N2O4/c24-23(25,26)17-5-3-4-16(14-17)8-9-21(29)27-10-12-28(13-11-27)22(30)20-15-31-18-6-1-2-7-19(18)32-20/h1-9,14,20H,10-13,15H2. The van der Waals surface area contributed by atoms with Crippen LogP contribution in [0.3, 0.4) is 0 Å². The summed E-state index contributed by atoms with van der Waals surface area (Å²) in [5, 5.41) is 0. The molecule has 2 amide bonds. The van der Waals surface area contributed by atoms with Crippen molar-refractivity contribution in [3.63, 3.8) is 0 Å². The van der Waals surface area contributed by atoms with Gasteiger partial charge in [0.15, 0.2) is 11.5 Å². The molecule has 2 aromatic rings. The molecular formula is C23H21F3N2O4. The number of para-hydroxylation sites is 2. The summed E-state index contributed by atoms with van der Waals surface area (Å²) in [6.07, 6.45) is -2.57. The average molecular weight is 446 g/mol. The van der Waals surface area contributed by atoms with Crippen molar-refractivity contribution in [2.24, 2.45) is 0 Å². The molecule has 32 heavy (non-hydrogen) atoms. The topological polar surface area (TPSA) is 59.1 Å². The number of piperazine rings is 1. The first-order chi connectivity index (χ1) is 15.3. The molecule has 0 radical (unpaired) electrons. The molecule has 0 bridgehead atoms. The van der Waals surface area contributed by atoms with Crippen LogP contribution in [-0.2, 0) is 15.8 Å². The minimum atomic E-state index is -4.44. The van der Waals surface area contributed by atoms with Crippen LogP contribution in [0.1, 0.15) is 11.1 Å². The molecule has 1 atom stereocenters. The van der Waals surface area contributed by atoms with E-state index in [1.165, 1.54) is 24.3 Å². The predicted octanol–water partition coefficient (Wildman–Crippen LogP) is 3.23. The minimum Gasteiger partial charge on any atom is -0.485 e. The first-order valence-corrected chi connectivity index (χ1v) is 10.1. The third-order valence-corrected chi connectivity index (χ3v) is 5.32. The smallest absolute Gasteiger partial charge is 0.416 e. The predicted molar refractivity (Wildman–Crippen MR) is 110 cm³/mol. The molecule has 2 aliphatic heterocycles. The van der Waals surface area contributed by atoms with E-state index in [0.29, 0.717) is 37.7 Å². The van der Waals surface area contributed by atoms with Crippen molar-refractivity contribution >= 4 is 17.9 Å². The highest BCUT2D eigenvalue weighted by molar-refractivity contribution is 5.92. The molecule has 9 heteroatoms. The van der Waals surface area contributed by atoms with E-state index in [1.54, 1.807) is 28.0 Å². The number of hydrogen-bond acceptors (Lipinski definition) is 4. The molecule has 1 unspecified atom stereocenters. The summed E-state index contributed by atoms with van der Waals surface area (Å²) in [5.41, 5.74) is -0.479. The Kier molecular flexibility index (Phi) is 6.07. The van der Waals surface area contributed by atoms with E-state index in [4.69, 9.17) is 9.47 Å². The Labute approximate surface area is 182 Å². The van der Waals surface area contributed by atoms with Crippen molar-refractivity contribution in [1.29, 1.82) is 0 Å². The minimum absolute atomic E-state index is 0.120. The Balaban J connectivity index is 1.30. The SMILES string of the molecule is O=C(C=Cc1cccc(C(F)(F)F)c1)N1CCN(C(=O)C2COc3ccccc3O2)CC1. The van der Waals surface area contributed by atoms with Crippen LogP contribution in [0.4, 0.5) is 13.2 Å². The molecule has 2 aromatic carbocycles. The zero-order valence-electron chi connectivity index (χ0n) is 17.0. The lowest BCUT2D eigenvalue weighted by molar-refractivity contribution is -0.145. The summed E-state index contributed by atoms with van der Waals surface area (Å²) in [5.74, 6) is 0.594. The Morgan fingerprint density at radius 2 is 1.62 bits per heavy atom. The van der Waals surface area contributed by atoms with Crippen molar-refractivity contribution < 1.29 is 32.2 Å². The van der Waals surface area contributed by atoms with Crippen molar-refractivity contribution in [3.8, 4) is 11.5 Å². The number of alkyl halides is 3. The first-order valence-electron chi connectivity index (χ1n) is 10.1. The summed E-state index contributed by atoms with van der Waals surface area (Å²) < 4.78 is 49.8. The highest BCUT2D eigenvalue weighted by atomic mass is 19.4. The Hall–Kier alpha value is -3.49. The number of fused-ring (bicyclic) bond motifs is 1. The van der Waals surface area contributed by atoms with Crippen molar-refractivity contribution in [3.05, 3.63) is 65.7 Å². The summed E-state index contributed by atoms with van der Waals surface area (Å²) in [4.78, 5) is 28.4. The number of rotatable bonds is 3. The molecule has 6 nitrogen and oxygen atoms in total. The third kappa shape index (κ3) is 4.87. The Bertz CT molecular complexity index is 1030. The molecule has 2 heterocycles. The number of carbonyl (C=O) groups excluding carboxylic acids is 2. The summed E-state index contributed by atoms with van der Waals surface area (Å²) >= 11 is 0. The van der Waals surface area contributed by atoms with Gasteiger partial charge in [-0.25, -0.2) is 0 Å². The number of halogens is 3. The molecule has 0 spiro atoms. The summed E-state index contributed by atoms with van der Waals surface area (Å²) in [6.45, 7) is 1.44. The molecule has 4 rings (SSSR count). The van der Waals surface area contributed by atoms with Gasteiger partial charge in [0.25, 0.3) is 5.91 Å². The van der Waals surface area contributed by atoms with E-state index < -0.39 is 17.8 Å². The average Bonchev–Trinajstić information content (AvgIpc) is 2.81. The molecule has 0 saturated carbocycles. The lowest BCUT2D eigenvalue weighted by Crippen LogP contribution is -2.54. The molecule has 1 saturated heterocycles. The highest BCUT2D eigenvalue weighted by Crippen LogP contribution is 2.31. The molecule has 2 aliphatic rings. The van der Waals surface area contributed by atoms with E-state index in [9.17, 15) is 22.8 Å². The van der Waals surface area contributed by atoms with Gasteiger partial charge in [-0.15, -0.1) is 0 Å². The van der Waals surface area contributed by atoms with E-state index in [0.717, 1.165) is 12.1 Å². The Morgan fingerprint density at radius 1 is 0.938 bits per heavy atom. The third-order valence-electron chi connectivity index (χ3n) is 5.32. The maximum Gasteiger partial charge on any atom is 0.416 e. The van der Waals surface area contributed by atoms with Crippen LogP contribution >= 0.6 is 0 Å². The van der Waals surface area contributed by atoms with Gasteiger partial charge in [-0.3, -0.25) is 9.59 Å². The van der Waals surface area contributed by atoms with Crippen LogP contribution in [0, 0.1) is 0 Å². The van der Waals surface area contributed by atoms with Gasteiger partial charge in [0, 0.05) is 32.3 Å². The van der Waals surface area contributed by atoms with Crippen LogP contribution in [0.2, 0.25) is 0 Å². The monoisotopic (exact) mass is 446 g/mol. The van der Waals surface area contributed by atoms with E-state index in [2.05, 4.69) is 0 Å². The second kappa shape index (κ2) is 8.94. The number of carbonyl (C=O) groups is 2. The molecule has 0 aromatic heterocycles. The van der Waals surface area contributed by atoms with Gasteiger partial charge in [0.2, 0.25) is 12.0 Å². The Morgan fingerprint density at radius 3 is 2.34 bits per heavy atom. The van der Waals surface area contributed by atoms with E-state index >= 15 is 0 Å².